The predicted molar refractivity (Wildman–Crippen MR) is 74.4 cm³/mol. The van der Waals surface area contributed by atoms with Crippen LogP contribution in [0.4, 0.5) is 10.1 Å². The summed E-state index contributed by atoms with van der Waals surface area (Å²) in [5.41, 5.74) is 4.38. The van der Waals surface area contributed by atoms with Crippen LogP contribution in [0.3, 0.4) is 0 Å². The van der Waals surface area contributed by atoms with Crippen molar-refractivity contribution in [2.75, 3.05) is 5.32 Å². The third kappa shape index (κ3) is 2.89. The van der Waals surface area contributed by atoms with E-state index in [1.54, 1.807) is 12.1 Å². The highest BCUT2D eigenvalue weighted by Crippen LogP contribution is 2.23. The Labute approximate surface area is 108 Å². The fourth-order valence-electron chi connectivity index (χ4n) is 2.05. The number of hydrogen-bond donors (Lipinski definition) is 1. The molecule has 0 bridgehead atoms. The second-order valence-corrected chi connectivity index (χ2v) is 4.74. The van der Waals surface area contributed by atoms with E-state index in [0.717, 1.165) is 11.3 Å². The van der Waals surface area contributed by atoms with Gasteiger partial charge in [0.05, 0.1) is 0 Å². The molecule has 0 saturated heterocycles. The Balaban J connectivity index is 2.18. The van der Waals surface area contributed by atoms with E-state index in [1.807, 2.05) is 6.92 Å². The maximum absolute atomic E-state index is 13.0. The van der Waals surface area contributed by atoms with Crippen molar-refractivity contribution in [2.24, 2.45) is 0 Å². The maximum Gasteiger partial charge on any atom is 0.123 e. The summed E-state index contributed by atoms with van der Waals surface area (Å²) in [5.74, 6) is -0.193. The summed E-state index contributed by atoms with van der Waals surface area (Å²) in [4.78, 5) is 0. The Bertz CT molecular complexity index is 549. The third-order valence-corrected chi connectivity index (χ3v) is 3.10. The maximum atomic E-state index is 13.0. The number of anilines is 1. The zero-order valence-corrected chi connectivity index (χ0v) is 11.0. The molecule has 0 spiro atoms. The zero-order valence-electron chi connectivity index (χ0n) is 11.0. The molecule has 2 aromatic rings. The first kappa shape index (κ1) is 12.6. The van der Waals surface area contributed by atoms with E-state index in [2.05, 4.69) is 43.4 Å². The van der Waals surface area contributed by atoms with Gasteiger partial charge in [-0.05, 0) is 50.1 Å². The summed E-state index contributed by atoms with van der Waals surface area (Å²) in [7, 11) is 0. The first-order valence-corrected chi connectivity index (χ1v) is 6.15. The molecule has 94 valence electrons. The molecule has 18 heavy (non-hydrogen) atoms. The van der Waals surface area contributed by atoms with E-state index in [1.165, 1.54) is 17.2 Å². The van der Waals surface area contributed by atoms with Crippen LogP contribution in [0.1, 0.15) is 29.7 Å². The van der Waals surface area contributed by atoms with Gasteiger partial charge in [-0.15, -0.1) is 0 Å². The van der Waals surface area contributed by atoms with Crippen LogP contribution in [0.5, 0.6) is 0 Å². The van der Waals surface area contributed by atoms with E-state index < -0.39 is 0 Å². The predicted octanol–water partition coefficient (Wildman–Crippen LogP) is 4.62. The van der Waals surface area contributed by atoms with Crippen molar-refractivity contribution in [2.45, 2.75) is 26.8 Å². The molecule has 1 N–H and O–H groups in total. The lowest BCUT2D eigenvalue weighted by atomic mass is 10.0. The second-order valence-electron chi connectivity index (χ2n) is 4.74. The molecule has 2 rings (SSSR count). The van der Waals surface area contributed by atoms with Crippen LogP contribution in [-0.2, 0) is 0 Å². The van der Waals surface area contributed by atoms with Crippen LogP contribution in [0.15, 0.2) is 42.5 Å². The standard InChI is InChI=1S/C16H18FN/c1-11-5-4-6-14(9-11)13(3)18-16-8-7-15(17)10-12(16)2/h4-10,13,18H,1-3H3. The van der Waals surface area contributed by atoms with Gasteiger partial charge in [0.2, 0.25) is 0 Å². The highest BCUT2D eigenvalue weighted by atomic mass is 19.1. The highest BCUT2D eigenvalue weighted by molar-refractivity contribution is 5.52. The van der Waals surface area contributed by atoms with Gasteiger partial charge in [0.15, 0.2) is 0 Å². The molecule has 2 heteroatoms. The van der Waals surface area contributed by atoms with Gasteiger partial charge in [-0.2, -0.15) is 0 Å². The summed E-state index contributed by atoms with van der Waals surface area (Å²) in [6, 6.07) is 13.4. The van der Waals surface area contributed by atoms with Crippen LogP contribution >= 0.6 is 0 Å². The molecule has 0 radical (unpaired) electrons. The molecule has 0 saturated carbocycles. The van der Waals surface area contributed by atoms with Crippen molar-refractivity contribution >= 4 is 5.69 Å². The van der Waals surface area contributed by atoms with Crippen LogP contribution in [0.25, 0.3) is 0 Å². The Morgan fingerprint density at radius 2 is 1.83 bits per heavy atom. The minimum atomic E-state index is -0.193. The Hall–Kier alpha value is -1.83. The van der Waals surface area contributed by atoms with Gasteiger partial charge in [0, 0.05) is 11.7 Å². The number of hydrogen-bond acceptors (Lipinski definition) is 1. The Morgan fingerprint density at radius 1 is 1.06 bits per heavy atom. The quantitative estimate of drug-likeness (QED) is 0.829. The van der Waals surface area contributed by atoms with Crippen molar-refractivity contribution in [3.05, 3.63) is 65.0 Å². The van der Waals surface area contributed by atoms with Gasteiger partial charge in [-0.3, -0.25) is 0 Å². The molecule has 0 amide bonds. The molecule has 1 atom stereocenters. The average Bonchev–Trinajstić information content (AvgIpc) is 2.32. The molecule has 0 aromatic heterocycles. The van der Waals surface area contributed by atoms with Gasteiger partial charge < -0.3 is 5.32 Å². The number of aryl methyl sites for hydroxylation is 2. The molecule has 1 unspecified atom stereocenters. The largest absolute Gasteiger partial charge is 0.378 e. The number of halogens is 1. The Kier molecular flexibility index (Phi) is 3.66. The average molecular weight is 243 g/mol. The normalized spacial score (nSPS) is 12.2. The molecule has 0 heterocycles. The molecule has 2 aromatic carbocycles. The molecule has 1 nitrogen and oxygen atoms in total. The number of nitrogens with one attached hydrogen (secondary N) is 1. The van der Waals surface area contributed by atoms with Crippen molar-refractivity contribution in [3.63, 3.8) is 0 Å². The minimum absolute atomic E-state index is 0.193. The molecule has 0 aliphatic carbocycles. The molecular weight excluding hydrogens is 225 g/mol. The van der Waals surface area contributed by atoms with Crippen molar-refractivity contribution in [1.29, 1.82) is 0 Å². The van der Waals surface area contributed by atoms with Gasteiger partial charge in [-0.25, -0.2) is 4.39 Å². The van der Waals surface area contributed by atoms with Crippen LogP contribution < -0.4 is 5.32 Å². The van der Waals surface area contributed by atoms with Gasteiger partial charge in [0.1, 0.15) is 5.82 Å². The third-order valence-electron chi connectivity index (χ3n) is 3.10. The van der Waals surface area contributed by atoms with E-state index in [-0.39, 0.29) is 11.9 Å². The number of benzene rings is 2. The van der Waals surface area contributed by atoms with Crippen molar-refractivity contribution < 1.29 is 4.39 Å². The first-order chi connectivity index (χ1) is 8.56. The second kappa shape index (κ2) is 5.21. The molecule has 0 aliphatic rings. The van der Waals surface area contributed by atoms with E-state index in [9.17, 15) is 4.39 Å². The van der Waals surface area contributed by atoms with Crippen molar-refractivity contribution in [3.8, 4) is 0 Å². The summed E-state index contributed by atoms with van der Waals surface area (Å²) < 4.78 is 13.0. The summed E-state index contributed by atoms with van der Waals surface area (Å²) in [5, 5.41) is 3.41. The highest BCUT2D eigenvalue weighted by Gasteiger charge is 2.07. The molecule has 0 aliphatic heterocycles. The Morgan fingerprint density at radius 3 is 2.50 bits per heavy atom. The van der Waals surface area contributed by atoms with E-state index in [0.29, 0.717) is 0 Å². The van der Waals surface area contributed by atoms with Crippen molar-refractivity contribution in [1.82, 2.24) is 0 Å². The van der Waals surface area contributed by atoms with Gasteiger partial charge in [-0.1, -0.05) is 29.8 Å². The molecule has 0 fully saturated rings. The van der Waals surface area contributed by atoms with E-state index in [4.69, 9.17) is 0 Å². The zero-order chi connectivity index (χ0) is 13.1. The van der Waals surface area contributed by atoms with Crippen LogP contribution in [0.2, 0.25) is 0 Å². The summed E-state index contributed by atoms with van der Waals surface area (Å²) >= 11 is 0. The number of rotatable bonds is 3. The van der Waals surface area contributed by atoms with Gasteiger partial charge in [0.25, 0.3) is 0 Å². The van der Waals surface area contributed by atoms with Crippen LogP contribution in [0, 0.1) is 19.7 Å². The smallest absolute Gasteiger partial charge is 0.123 e. The molecular formula is C16H18FN. The first-order valence-electron chi connectivity index (χ1n) is 6.15. The fraction of sp³-hybridized carbons (Fsp3) is 0.250. The summed E-state index contributed by atoms with van der Waals surface area (Å²) in [6.45, 7) is 6.10. The monoisotopic (exact) mass is 243 g/mol. The SMILES string of the molecule is Cc1cccc(C(C)Nc2ccc(F)cc2C)c1. The summed E-state index contributed by atoms with van der Waals surface area (Å²) in [6.07, 6.45) is 0. The fourth-order valence-corrected chi connectivity index (χ4v) is 2.05. The minimum Gasteiger partial charge on any atom is -0.378 e. The van der Waals surface area contributed by atoms with E-state index >= 15 is 0 Å². The lowest BCUT2D eigenvalue weighted by Gasteiger charge is -2.18. The van der Waals surface area contributed by atoms with Gasteiger partial charge >= 0.3 is 0 Å². The lowest BCUT2D eigenvalue weighted by molar-refractivity contribution is 0.626. The lowest BCUT2D eigenvalue weighted by Crippen LogP contribution is -2.07. The van der Waals surface area contributed by atoms with Crippen LogP contribution in [-0.4, -0.2) is 0 Å². The topological polar surface area (TPSA) is 12.0 Å².